The van der Waals surface area contributed by atoms with E-state index in [0.29, 0.717) is 23.2 Å². The number of aromatic nitrogens is 3. The van der Waals surface area contributed by atoms with E-state index in [4.69, 9.17) is 16.1 Å². The molecule has 2 aliphatic rings. The third-order valence-corrected chi connectivity index (χ3v) is 6.21. The van der Waals surface area contributed by atoms with Crippen LogP contribution in [0.2, 0.25) is 5.02 Å². The first-order valence-corrected chi connectivity index (χ1v) is 10.3. The van der Waals surface area contributed by atoms with Crippen LogP contribution in [0.15, 0.2) is 53.3 Å². The van der Waals surface area contributed by atoms with Crippen LogP contribution in [-0.4, -0.2) is 38.0 Å². The molecule has 0 radical (unpaired) electrons. The van der Waals surface area contributed by atoms with Crippen LogP contribution in [0.4, 0.5) is 0 Å². The predicted molar refractivity (Wildman–Crippen MR) is 108 cm³/mol. The second kappa shape index (κ2) is 7.59. The number of carbonyl (C=O) groups excluding carboxylic acids is 1. The van der Waals surface area contributed by atoms with Gasteiger partial charge in [-0.3, -0.25) is 9.78 Å². The number of amides is 1. The maximum Gasteiger partial charge on any atom is 0.230 e. The fourth-order valence-corrected chi connectivity index (χ4v) is 4.92. The monoisotopic (exact) mass is 408 g/mol. The lowest BCUT2D eigenvalue weighted by Gasteiger charge is -2.38. The van der Waals surface area contributed by atoms with Gasteiger partial charge in [0, 0.05) is 41.0 Å². The molecule has 5 rings (SSSR count). The molecule has 2 saturated heterocycles. The van der Waals surface area contributed by atoms with Crippen LogP contribution in [0, 0.1) is 0 Å². The van der Waals surface area contributed by atoms with E-state index in [1.807, 2.05) is 36.4 Å². The molecule has 7 heteroatoms. The molecule has 0 N–H and O–H groups in total. The number of hydrogen-bond donors (Lipinski definition) is 0. The number of hydrogen-bond acceptors (Lipinski definition) is 5. The van der Waals surface area contributed by atoms with Crippen LogP contribution in [0.5, 0.6) is 0 Å². The number of pyridine rings is 1. The summed E-state index contributed by atoms with van der Waals surface area (Å²) in [6.45, 7) is 0. The predicted octanol–water partition coefficient (Wildman–Crippen LogP) is 4.26. The van der Waals surface area contributed by atoms with Crippen molar-refractivity contribution in [2.75, 3.05) is 0 Å². The Hall–Kier alpha value is -2.73. The van der Waals surface area contributed by atoms with Gasteiger partial charge in [-0.25, -0.2) is 0 Å². The van der Waals surface area contributed by atoms with Gasteiger partial charge in [-0.15, -0.1) is 0 Å². The van der Waals surface area contributed by atoms with Gasteiger partial charge in [-0.2, -0.15) is 4.98 Å². The average molecular weight is 409 g/mol. The minimum atomic E-state index is 0.180. The zero-order valence-corrected chi connectivity index (χ0v) is 16.6. The largest absolute Gasteiger partial charge is 0.339 e. The lowest BCUT2D eigenvalue weighted by molar-refractivity contribution is -0.135. The summed E-state index contributed by atoms with van der Waals surface area (Å²) >= 11 is 6.06. The summed E-state index contributed by atoms with van der Waals surface area (Å²) in [5.41, 5.74) is 1.81. The van der Waals surface area contributed by atoms with E-state index in [1.54, 1.807) is 12.4 Å². The highest BCUT2D eigenvalue weighted by Gasteiger charge is 2.44. The highest BCUT2D eigenvalue weighted by atomic mass is 35.5. The summed E-state index contributed by atoms with van der Waals surface area (Å²) in [4.78, 5) is 23.8. The van der Waals surface area contributed by atoms with Crippen molar-refractivity contribution in [3.05, 3.63) is 65.3 Å². The number of carbonyl (C=O) groups is 1. The fraction of sp³-hybridized carbons (Fsp3) is 0.364. The maximum absolute atomic E-state index is 13.0. The number of fused-ring (bicyclic) bond motifs is 2. The molecule has 1 unspecified atom stereocenters. The highest BCUT2D eigenvalue weighted by molar-refractivity contribution is 6.30. The van der Waals surface area contributed by atoms with Crippen molar-refractivity contribution in [1.29, 1.82) is 0 Å². The minimum Gasteiger partial charge on any atom is -0.339 e. The SMILES string of the molecule is O=C(Cc1cccc(Cl)c1)N1[C@@H]2CC[C@H]1CC(c1nc(-c3cccnc3)no1)C2. The van der Waals surface area contributed by atoms with Crippen LogP contribution in [0.3, 0.4) is 0 Å². The fourth-order valence-electron chi connectivity index (χ4n) is 4.71. The highest BCUT2D eigenvalue weighted by Crippen LogP contribution is 2.43. The molecule has 29 heavy (non-hydrogen) atoms. The van der Waals surface area contributed by atoms with E-state index in [2.05, 4.69) is 20.0 Å². The summed E-state index contributed by atoms with van der Waals surface area (Å²) in [5.74, 6) is 1.61. The normalized spacial score (nSPS) is 23.3. The molecule has 6 nitrogen and oxygen atoms in total. The molecule has 2 aliphatic heterocycles. The van der Waals surface area contributed by atoms with Gasteiger partial charge >= 0.3 is 0 Å². The first-order chi connectivity index (χ1) is 14.2. The van der Waals surface area contributed by atoms with Gasteiger partial charge in [0.1, 0.15) is 0 Å². The number of piperidine rings is 1. The molecule has 1 aromatic carbocycles. The van der Waals surface area contributed by atoms with Crippen molar-refractivity contribution >= 4 is 17.5 Å². The van der Waals surface area contributed by atoms with Crippen molar-refractivity contribution in [3.8, 4) is 11.4 Å². The van der Waals surface area contributed by atoms with Gasteiger partial charge in [0.2, 0.25) is 17.6 Å². The van der Waals surface area contributed by atoms with E-state index < -0.39 is 0 Å². The first-order valence-electron chi connectivity index (χ1n) is 9.97. The first kappa shape index (κ1) is 18.3. The summed E-state index contributed by atoms with van der Waals surface area (Å²) < 4.78 is 5.58. The molecule has 148 valence electrons. The Kier molecular flexibility index (Phi) is 4.79. The molecular weight excluding hydrogens is 388 g/mol. The van der Waals surface area contributed by atoms with Gasteiger partial charge in [-0.05, 0) is 55.5 Å². The zero-order chi connectivity index (χ0) is 19.8. The minimum absolute atomic E-state index is 0.180. The molecule has 2 fully saturated rings. The van der Waals surface area contributed by atoms with Crippen molar-refractivity contribution in [2.45, 2.75) is 50.1 Å². The zero-order valence-electron chi connectivity index (χ0n) is 15.9. The molecule has 0 spiro atoms. The van der Waals surface area contributed by atoms with E-state index in [-0.39, 0.29) is 23.9 Å². The second-order valence-corrected chi connectivity index (χ2v) is 8.30. The molecule has 1 amide bonds. The van der Waals surface area contributed by atoms with Crippen LogP contribution in [0.1, 0.15) is 43.1 Å². The Labute approximate surface area is 173 Å². The van der Waals surface area contributed by atoms with Crippen molar-refractivity contribution in [3.63, 3.8) is 0 Å². The van der Waals surface area contributed by atoms with E-state index in [0.717, 1.165) is 36.8 Å². The van der Waals surface area contributed by atoms with E-state index in [9.17, 15) is 4.79 Å². The summed E-state index contributed by atoms with van der Waals surface area (Å²) in [6, 6.07) is 11.8. The molecular formula is C22H21ClN4O2. The van der Waals surface area contributed by atoms with Gasteiger partial charge in [0.25, 0.3) is 0 Å². The molecule has 3 atom stereocenters. The Morgan fingerprint density at radius 1 is 1.17 bits per heavy atom. The van der Waals surface area contributed by atoms with E-state index in [1.165, 1.54) is 0 Å². The topological polar surface area (TPSA) is 72.1 Å². The Balaban J connectivity index is 1.29. The van der Waals surface area contributed by atoms with Crippen molar-refractivity contribution in [1.82, 2.24) is 20.0 Å². The maximum atomic E-state index is 13.0. The van der Waals surface area contributed by atoms with E-state index >= 15 is 0 Å². The molecule has 0 saturated carbocycles. The van der Waals surface area contributed by atoms with Gasteiger partial charge in [0.05, 0.1) is 6.42 Å². The van der Waals surface area contributed by atoms with Crippen molar-refractivity contribution in [2.24, 2.45) is 0 Å². The number of benzene rings is 1. The van der Waals surface area contributed by atoms with Crippen LogP contribution in [0.25, 0.3) is 11.4 Å². The molecule has 0 aliphatic carbocycles. The lowest BCUT2D eigenvalue weighted by Crippen LogP contribution is -2.46. The number of rotatable bonds is 4. The average Bonchev–Trinajstić information content (AvgIpc) is 3.32. The van der Waals surface area contributed by atoms with Crippen LogP contribution in [-0.2, 0) is 11.2 Å². The standard InChI is InChI=1S/C22H21ClN4O2/c23-17-5-1-3-14(9-17)10-20(28)27-18-6-7-19(27)12-16(11-18)22-25-21(26-29-22)15-4-2-8-24-13-15/h1-5,8-9,13,16,18-19H,6-7,10-12H2/t16?,18-,19+. The van der Waals surface area contributed by atoms with Crippen LogP contribution >= 0.6 is 11.6 Å². The van der Waals surface area contributed by atoms with Gasteiger partial charge in [-0.1, -0.05) is 28.9 Å². The summed E-state index contributed by atoms with van der Waals surface area (Å²) in [5, 5.41) is 4.80. The lowest BCUT2D eigenvalue weighted by atomic mass is 9.90. The van der Waals surface area contributed by atoms with Gasteiger partial charge < -0.3 is 9.42 Å². The summed E-state index contributed by atoms with van der Waals surface area (Å²) in [7, 11) is 0. The summed E-state index contributed by atoms with van der Waals surface area (Å²) in [6.07, 6.45) is 7.65. The third-order valence-electron chi connectivity index (χ3n) is 5.98. The molecule has 2 bridgehead atoms. The van der Waals surface area contributed by atoms with Crippen molar-refractivity contribution < 1.29 is 9.32 Å². The number of nitrogens with zero attached hydrogens (tertiary/aromatic N) is 4. The second-order valence-electron chi connectivity index (χ2n) is 7.86. The number of halogens is 1. The molecule has 4 heterocycles. The smallest absolute Gasteiger partial charge is 0.230 e. The quantitative estimate of drug-likeness (QED) is 0.644. The molecule has 2 aromatic heterocycles. The Bertz CT molecular complexity index is 1010. The van der Waals surface area contributed by atoms with Gasteiger partial charge in [0.15, 0.2) is 0 Å². The molecule has 3 aromatic rings. The van der Waals surface area contributed by atoms with Crippen LogP contribution < -0.4 is 0 Å². The Morgan fingerprint density at radius 3 is 2.72 bits per heavy atom. The Morgan fingerprint density at radius 2 is 2.00 bits per heavy atom. The third kappa shape index (κ3) is 3.65.